The number of aliphatic hydroxyl groups is 1. The summed E-state index contributed by atoms with van der Waals surface area (Å²) < 4.78 is 1.44. The highest BCUT2D eigenvalue weighted by molar-refractivity contribution is 5.91. The number of anilines is 1. The summed E-state index contributed by atoms with van der Waals surface area (Å²) in [5, 5.41) is 13.9. The zero-order valence-corrected chi connectivity index (χ0v) is 18.0. The molecule has 0 aliphatic carbocycles. The number of nitrogens with one attached hydrogen (secondary N) is 1. The lowest BCUT2D eigenvalue weighted by Crippen LogP contribution is -2.20. The van der Waals surface area contributed by atoms with Crippen LogP contribution in [0.2, 0.25) is 0 Å². The van der Waals surface area contributed by atoms with E-state index in [2.05, 4.69) is 15.3 Å². The lowest BCUT2D eigenvalue weighted by atomic mass is 10.0. The molecule has 3 aromatic rings. The number of nitrogens with zero attached hydrogens (tertiary/aromatic N) is 4. The Balaban J connectivity index is 2.11. The summed E-state index contributed by atoms with van der Waals surface area (Å²) in [4.78, 5) is 26.3. The van der Waals surface area contributed by atoms with Crippen LogP contribution in [-0.4, -0.2) is 31.2 Å². The molecule has 0 saturated carbocycles. The quantitative estimate of drug-likeness (QED) is 0.609. The van der Waals surface area contributed by atoms with E-state index in [1.54, 1.807) is 39.2 Å². The Morgan fingerprint density at radius 3 is 2.63 bits per heavy atom. The Hall–Kier alpha value is -3.32. The highest BCUT2D eigenvalue weighted by Gasteiger charge is 2.18. The highest BCUT2D eigenvalue weighted by Crippen LogP contribution is 2.26. The van der Waals surface area contributed by atoms with E-state index in [1.807, 2.05) is 38.1 Å². The number of aromatic nitrogens is 4. The molecule has 30 heavy (non-hydrogen) atoms. The maximum absolute atomic E-state index is 12.8. The number of pyridine rings is 2. The van der Waals surface area contributed by atoms with Gasteiger partial charge in [-0.05, 0) is 51.5 Å². The minimum Gasteiger partial charge on any atom is -0.384 e. The third kappa shape index (κ3) is 4.46. The maximum Gasteiger partial charge on any atom is 0.264 e. The number of rotatable bonds is 6. The SMILES string of the molecule is C/C=C\C(=C/C)CNc1nc(-c2ccc(C(C)(C)O)nc2)cc2ncn(C)c(=O)c12. The number of allylic oxidation sites excluding steroid dienone is 2. The van der Waals surface area contributed by atoms with E-state index in [4.69, 9.17) is 4.98 Å². The van der Waals surface area contributed by atoms with Crippen molar-refractivity contribution in [2.24, 2.45) is 7.05 Å². The van der Waals surface area contributed by atoms with E-state index in [0.717, 1.165) is 11.1 Å². The fourth-order valence-corrected chi connectivity index (χ4v) is 3.06. The van der Waals surface area contributed by atoms with Crippen LogP contribution in [0.5, 0.6) is 0 Å². The number of aryl methyl sites for hydroxylation is 1. The van der Waals surface area contributed by atoms with Crippen LogP contribution in [0.4, 0.5) is 5.82 Å². The fraction of sp³-hybridized carbons (Fsp3) is 0.304. The van der Waals surface area contributed by atoms with Gasteiger partial charge >= 0.3 is 0 Å². The summed E-state index contributed by atoms with van der Waals surface area (Å²) in [7, 11) is 1.67. The zero-order chi connectivity index (χ0) is 21.9. The normalized spacial score (nSPS) is 12.7. The summed E-state index contributed by atoms with van der Waals surface area (Å²) >= 11 is 0. The van der Waals surface area contributed by atoms with Crippen LogP contribution in [0.1, 0.15) is 33.4 Å². The average Bonchev–Trinajstić information content (AvgIpc) is 2.72. The predicted molar refractivity (Wildman–Crippen MR) is 120 cm³/mol. The summed E-state index contributed by atoms with van der Waals surface area (Å²) in [5.74, 6) is 0.478. The summed E-state index contributed by atoms with van der Waals surface area (Å²) in [6.45, 7) is 7.83. The van der Waals surface area contributed by atoms with Crippen molar-refractivity contribution in [3.63, 3.8) is 0 Å². The van der Waals surface area contributed by atoms with Gasteiger partial charge in [0, 0.05) is 25.4 Å². The second-order valence-electron chi connectivity index (χ2n) is 7.62. The van der Waals surface area contributed by atoms with Gasteiger partial charge in [0.15, 0.2) is 0 Å². The Kier molecular flexibility index (Phi) is 6.12. The Bertz CT molecular complexity index is 1170. The lowest BCUT2D eigenvalue weighted by Gasteiger charge is -2.16. The summed E-state index contributed by atoms with van der Waals surface area (Å²) in [5.41, 5.74) is 2.45. The topological polar surface area (TPSA) is 92.9 Å². The first-order valence-corrected chi connectivity index (χ1v) is 9.82. The molecule has 0 aromatic carbocycles. The van der Waals surface area contributed by atoms with Crippen LogP contribution in [0.25, 0.3) is 22.2 Å². The molecule has 7 nitrogen and oxygen atoms in total. The molecule has 156 valence electrons. The molecule has 7 heteroatoms. The molecule has 0 spiro atoms. The van der Waals surface area contributed by atoms with Crippen molar-refractivity contribution in [1.82, 2.24) is 19.5 Å². The highest BCUT2D eigenvalue weighted by atomic mass is 16.3. The predicted octanol–water partition coefficient (Wildman–Crippen LogP) is 3.55. The minimum absolute atomic E-state index is 0.162. The molecule has 0 saturated heterocycles. The van der Waals surface area contributed by atoms with Crippen LogP contribution in [0, 0.1) is 0 Å². The molecule has 0 aliphatic heterocycles. The van der Waals surface area contributed by atoms with Crippen LogP contribution in [-0.2, 0) is 12.6 Å². The molecule has 0 radical (unpaired) electrons. The third-order valence-electron chi connectivity index (χ3n) is 4.80. The lowest BCUT2D eigenvalue weighted by molar-refractivity contribution is 0.0739. The molecule has 2 N–H and O–H groups in total. The van der Waals surface area contributed by atoms with Gasteiger partial charge < -0.3 is 15.0 Å². The molecule has 3 aromatic heterocycles. The second-order valence-corrected chi connectivity index (χ2v) is 7.62. The minimum atomic E-state index is -1.02. The smallest absolute Gasteiger partial charge is 0.264 e. The molecule has 0 amide bonds. The number of hydrogen-bond donors (Lipinski definition) is 2. The van der Waals surface area contributed by atoms with Crippen LogP contribution in [0.3, 0.4) is 0 Å². The Labute approximate surface area is 175 Å². The maximum atomic E-state index is 12.8. The first-order valence-electron chi connectivity index (χ1n) is 9.82. The number of fused-ring (bicyclic) bond motifs is 1. The van der Waals surface area contributed by atoms with Crippen molar-refractivity contribution in [3.05, 3.63) is 70.6 Å². The Morgan fingerprint density at radius 2 is 2.03 bits per heavy atom. The zero-order valence-electron chi connectivity index (χ0n) is 18.0. The van der Waals surface area contributed by atoms with Gasteiger partial charge in [0.2, 0.25) is 0 Å². The number of hydrogen-bond acceptors (Lipinski definition) is 6. The standard InChI is InChI=1S/C23H27N5O2/c1-6-8-15(7-2)12-25-21-20-18(26-14-28(5)22(20)29)11-17(27-21)16-9-10-19(24-13-16)23(3,4)30/h6-11,13-14,30H,12H2,1-5H3,(H,25,27)/b8-6-,15-7+. The van der Waals surface area contributed by atoms with Gasteiger partial charge in [0.25, 0.3) is 5.56 Å². The van der Waals surface area contributed by atoms with Crippen LogP contribution in [0.15, 0.2) is 59.3 Å². The van der Waals surface area contributed by atoms with Gasteiger partial charge in [-0.15, -0.1) is 0 Å². The first-order chi connectivity index (χ1) is 14.2. The van der Waals surface area contributed by atoms with Gasteiger partial charge in [0.1, 0.15) is 16.8 Å². The average molecular weight is 406 g/mol. The summed E-state index contributed by atoms with van der Waals surface area (Å²) in [6.07, 6.45) is 9.16. The monoisotopic (exact) mass is 405 g/mol. The van der Waals surface area contributed by atoms with E-state index in [1.165, 1.54) is 10.9 Å². The molecule has 0 bridgehead atoms. The van der Waals surface area contributed by atoms with E-state index in [0.29, 0.717) is 34.7 Å². The molecular weight excluding hydrogens is 378 g/mol. The van der Waals surface area contributed by atoms with E-state index < -0.39 is 5.60 Å². The molecule has 0 fully saturated rings. The van der Waals surface area contributed by atoms with Gasteiger partial charge in [-0.1, -0.05) is 18.2 Å². The van der Waals surface area contributed by atoms with E-state index >= 15 is 0 Å². The van der Waals surface area contributed by atoms with E-state index in [-0.39, 0.29) is 5.56 Å². The molecule has 0 atom stereocenters. The van der Waals surface area contributed by atoms with Gasteiger partial charge in [-0.25, -0.2) is 9.97 Å². The van der Waals surface area contributed by atoms with Crippen LogP contribution < -0.4 is 10.9 Å². The van der Waals surface area contributed by atoms with Crippen molar-refractivity contribution in [3.8, 4) is 11.3 Å². The molecule has 3 rings (SSSR count). The molecule has 0 unspecified atom stereocenters. The van der Waals surface area contributed by atoms with Crippen molar-refractivity contribution in [2.45, 2.75) is 33.3 Å². The Morgan fingerprint density at radius 1 is 1.27 bits per heavy atom. The largest absolute Gasteiger partial charge is 0.384 e. The molecule has 3 heterocycles. The first kappa shape index (κ1) is 21.4. The second kappa shape index (κ2) is 8.59. The molecular formula is C23H27N5O2. The van der Waals surface area contributed by atoms with Gasteiger partial charge in [-0.3, -0.25) is 9.78 Å². The van der Waals surface area contributed by atoms with Crippen molar-refractivity contribution in [2.75, 3.05) is 11.9 Å². The van der Waals surface area contributed by atoms with Crippen molar-refractivity contribution in [1.29, 1.82) is 0 Å². The van der Waals surface area contributed by atoms with Crippen molar-refractivity contribution < 1.29 is 5.11 Å². The van der Waals surface area contributed by atoms with Crippen LogP contribution >= 0.6 is 0 Å². The van der Waals surface area contributed by atoms with Gasteiger partial charge in [0.05, 0.1) is 23.2 Å². The van der Waals surface area contributed by atoms with Crippen molar-refractivity contribution >= 4 is 16.7 Å². The van der Waals surface area contributed by atoms with Gasteiger partial charge in [-0.2, -0.15) is 0 Å². The summed E-state index contributed by atoms with van der Waals surface area (Å²) in [6, 6.07) is 5.41. The molecule has 0 aliphatic rings. The third-order valence-corrected chi connectivity index (χ3v) is 4.80. The fourth-order valence-electron chi connectivity index (χ4n) is 3.06. The van der Waals surface area contributed by atoms with E-state index in [9.17, 15) is 9.90 Å².